The number of para-hydroxylation sites is 1. The molecule has 0 fully saturated rings. The monoisotopic (exact) mass is 549 g/mol. The predicted octanol–water partition coefficient (Wildman–Crippen LogP) is 9.83. The second kappa shape index (κ2) is 11.7. The van der Waals surface area contributed by atoms with Gasteiger partial charge in [-0.15, -0.1) is 0 Å². The molecule has 3 heteroatoms. The summed E-state index contributed by atoms with van der Waals surface area (Å²) in [6, 6.07) is 25.9. The molecule has 1 aliphatic carbocycles. The zero-order valence-electron chi connectivity index (χ0n) is 24.8. The SMILES string of the molecule is C=C1CCCC2=C1C=C(C(=C)Nc1ccc(Cc3ccnc4cc(CC)c(CC)cc34)cc1)C(=C)N2c1ccccc1. The number of benzene rings is 3. The van der Waals surface area contributed by atoms with E-state index in [1.165, 1.54) is 44.5 Å². The van der Waals surface area contributed by atoms with Gasteiger partial charge in [0.2, 0.25) is 0 Å². The van der Waals surface area contributed by atoms with E-state index in [2.05, 4.69) is 122 Å². The molecule has 1 N–H and O–H groups in total. The lowest BCUT2D eigenvalue weighted by atomic mass is 9.85. The first-order valence-electron chi connectivity index (χ1n) is 15.1. The van der Waals surface area contributed by atoms with Crippen molar-refractivity contribution in [3.05, 3.63) is 161 Å². The van der Waals surface area contributed by atoms with Gasteiger partial charge in [-0.3, -0.25) is 4.98 Å². The number of hydrogen-bond donors (Lipinski definition) is 1. The van der Waals surface area contributed by atoms with Crippen molar-refractivity contribution in [1.82, 2.24) is 4.98 Å². The minimum Gasteiger partial charge on any atom is -0.355 e. The molecule has 0 saturated heterocycles. The molecule has 3 aromatic carbocycles. The minimum atomic E-state index is 0.831. The molecule has 2 aliphatic rings. The topological polar surface area (TPSA) is 28.2 Å². The molecule has 210 valence electrons. The maximum atomic E-state index is 4.68. The normalized spacial score (nSPS) is 15.1. The number of hydrogen-bond acceptors (Lipinski definition) is 3. The molecule has 1 aromatic heterocycles. The van der Waals surface area contributed by atoms with Crippen LogP contribution >= 0.6 is 0 Å². The fraction of sp³-hybridized carbons (Fsp3) is 0.205. The first-order chi connectivity index (χ1) is 20.5. The van der Waals surface area contributed by atoms with Crippen molar-refractivity contribution < 1.29 is 0 Å². The zero-order valence-corrected chi connectivity index (χ0v) is 24.8. The molecule has 0 spiro atoms. The molecule has 4 aromatic rings. The van der Waals surface area contributed by atoms with Crippen molar-refractivity contribution in [2.24, 2.45) is 0 Å². The molecule has 6 rings (SSSR count). The van der Waals surface area contributed by atoms with E-state index in [-0.39, 0.29) is 0 Å². The van der Waals surface area contributed by atoms with Crippen molar-refractivity contribution >= 4 is 22.3 Å². The third-order valence-corrected chi connectivity index (χ3v) is 8.62. The van der Waals surface area contributed by atoms with Gasteiger partial charge in [-0.25, -0.2) is 0 Å². The molecule has 3 nitrogen and oxygen atoms in total. The lowest BCUT2D eigenvalue weighted by Crippen LogP contribution is -2.29. The van der Waals surface area contributed by atoms with Crippen LogP contribution in [-0.4, -0.2) is 4.98 Å². The Balaban J connectivity index is 1.23. The fourth-order valence-electron chi connectivity index (χ4n) is 6.34. The summed E-state index contributed by atoms with van der Waals surface area (Å²) in [5.74, 6) is 0. The maximum Gasteiger partial charge on any atom is 0.0707 e. The third-order valence-electron chi connectivity index (χ3n) is 8.62. The predicted molar refractivity (Wildman–Crippen MR) is 179 cm³/mol. The second-order valence-electron chi connectivity index (χ2n) is 11.3. The average molecular weight is 550 g/mol. The van der Waals surface area contributed by atoms with Crippen LogP contribution in [0, 0.1) is 0 Å². The highest BCUT2D eigenvalue weighted by molar-refractivity contribution is 5.84. The summed E-state index contributed by atoms with van der Waals surface area (Å²) in [7, 11) is 0. The average Bonchev–Trinajstić information content (AvgIpc) is 3.01. The Morgan fingerprint density at radius 3 is 2.36 bits per heavy atom. The molecule has 42 heavy (non-hydrogen) atoms. The zero-order chi connectivity index (χ0) is 29.2. The highest BCUT2D eigenvalue weighted by Crippen LogP contribution is 2.43. The van der Waals surface area contributed by atoms with Crippen molar-refractivity contribution in [1.29, 1.82) is 0 Å². The molecular formula is C39H39N3. The summed E-state index contributed by atoms with van der Waals surface area (Å²) >= 11 is 0. The molecule has 0 amide bonds. The summed E-state index contributed by atoms with van der Waals surface area (Å²) in [6.07, 6.45) is 10.2. The highest BCUT2D eigenvalue weighted by Gasteiger charge is 2.29. The Morgan fingerprint density at radius 2 is 1.62 bits per heavy atom. The van der Waals surface area contributed by atoms with Gasteiger partial charge in [0, 0.05) is 45.6 Å². The van der Waals surface area contributed by atoms with Crippen molar-refractivity contribution in [3.8, 4) is 0 Å². The largest absolute Gasteiger partial charge is 0.355 e. The number of anilines is 2. The minimum absolute atomic E-state index is 0.831. The smallest absolute Gasteiger partial charge is 0.0707 e. The Bertz CT molecular complexity index is 1750. The number of pyridine rings is 1. The van der Waals surface area contributed by atoms with Crippen LogP contribution in [0.5, 0.6) is 0 Å². The molecule has 2 heterocycles. The molecule has 0 bridgehead atoms. The number of allylic oxidation sites excluding steroid dienone is 4. The number of rotatable bonds is 8. The Kier molecular flexibility index (Phi) is 7.67. The lowest BCUT2D eigenvalue weighted by molar-refractivity contribution is 0.743. The van der Waals surface area contributed by atoms with Crippen LogP contribution < -0.4 is 10.2 Å². The van der Waals surface area contributed by atoms with Crippen LogP contribution in [-0.2, 0) is 19.3 Å². The van der Waals surface area contributed by atoms with Crippen LogP contribution in [0.3, 0.4) is 0 Å². The fourth-order valence-corrected chi connectivity index (χ4v) is 6.34. The standard InChI is InChI=1S/C39H39N3/c1-6-30-23-37-32(20-21-40-38(37)24-31(30)7-2)22-29-16-18-33(19-17-29)41-27(4)36-25-35-26(3)12-11-15-39(35)42(28(36)5)34-13-9-8-10-14-34/h8-10,13-14,16-21,23-25,41H,3-7,11-12,15,22H2,1-2H3. The number of nitrogens with zero attached hydrogens (tertiary/aromatic N) is 2. The van der Waals surface area contributed by atoms with Gasteiger partial charge < -0.3 is 10.2 Å². The van der Waals surface area contributed by atoms with Gasteiger partial charge in [-0.05, 0) is 120 Å². The first kappa shape index (κ1) is 27.5. The summed E-state index contributed by atoms with van der Waals surface area (Å²) in [5, 5.41) is 4.82. The number of aromatic nitrogens is 1. The van der Waals surface area contributed by atoms with E-state index in [9.17, 15) is 0 Å². The van der Waals surface area contributed by atoms with Gasteiger partial charge in [-0.1, -0.05) is 63.9 Å². The van der Waals surface area contributed by atoms with Gasteiger partial charge >= 0.3 is 0 Å². The van der Waals surface area contributed by atoms with Crippen LogP contribution in [0.15, 0.2) is 139 Å². The number of aryl methyl sites for hydroxylation is 2. The summed E-state index contributed by atoms with van der Waals surface area (Å²) < 4.78 is 0. The summed E-state index contributed by atoms with van der Waals surface area (Å²) in [6.45, 7) is 17.8. The van der Waals surface area contributed by atoms with Crippen LogP contribution in [0.2, 0.25) is 0 Å². The molecule has 0 unspecified atom stereocenters. The first-order valence-corrected chi connectivity index (χ1v) is 15.1. The van der Waals surface area contributed by atoms with Crippen molar-refractivity contribution in [2.75, 3.05) is 10.2 Å². The molecule has 1 aliphatic heterocycles. The van der Waals surface area contributed by atoms with E-state index < -0.39 is 0 Å². The van der Waals surface area contributed by atoms with Gasteiger partial charge in [0.15, 0.2) is 0 Å². The molecule has 0 saturated carbocycles. The van der Waals surface area contributed by atoms with Crippen LogP contribution in [0.4, 0.5) is 11.4 Å². The van der Waals surface area contributed by atoms with E-state index in [1.807, 2.05) is 12.3 Å². The van der Waals surface area contributed by atoms with Crippen molar-refractivity contribution in [2.45, 2.75) is 52.4 Å². The van der Waals surface area contributed by atoms with Gasteiger partial charge in [0.25, 0.3) is 0 Å². The van der Waals surface area contributed by atoms with E-state index in [1.54, 1.807) is 0 Å². The Hall–Kier alpha value is -4.63. The Labute approximate surface area is 250 Å². The van der Waals surface area contributed by atoms with Gasteiger partial charge in [0.1, 0.15) is 0 Å². The Morgan fingerprint density at radius 1 is 0.881 bits per heavy atom. The van der Waals surface area contributed by atoms with Gasteiger partial charge in [-0.2, -0.15) is 0 Å². The molecule has 0 atom stereocenters. The second-order valence-corrected chi connectivity index (χ2v) is 11.3. The van der Waals surface area contributed by atoms with Crippen molar-refractivity contribution in [3.63, 3.8) is 0 Å². The van der Waals surface area contributed by atoms with Gasteiger partial charge in [0.05, 0.1) is 5.52 Å². The maximum absolute atomic E-state index is 4.68. The molecule has 0 radical (unpaired) electrons. The van der Waals surface area contributed by atoms with E-state index in [0.29, 0.717) is 0 Å². The van der Waals surface area contributed by atoms with E-state index in [0.717, 1.165) is 72.4 Å². The number of nitrogens with one attached hydrogen (secondary N) is 1. The van der Waals surface area contributed by atoms with Crippen LogP contribution in [0.1, 0.15) is 55.4 Å². The summed E-state index contributed by atoms with van der Waals surface area (Å²) in [4.78, 5) is 6.96. The third kappa shape index (κ3) is 5.23. The lowest BCUT2D eigenvalue weighted by Gasteiger charge is -2.38. The highest BCUT2D eigenvalue weighted by atomic mass is 15.2. The quantitative estimate of drug-likeness (QED) is 0.237. The number of fused-ring (bicyclic) bond motifs is 1. The molecular weight excluding hydrogens is 510 g/mol. The van der Waals surface area contributed by atoms with Crippen LogP contribution in [0.25, 0.3) is 10.9 Å². The van der Waals surface area contributed by atoms with E-state index >= 15 is 0 Å². The summed E-state index contributed by atoms with van der Waals surface area (Å²) in [5.41, 5.74) is 15.0. The van der Waals surface area contributed by atoms with E-state index in [4.69, 9.17) is 0 Å².